The summed E-state index contributed by atoms with van der Waals surface area (Å²) in [4.78, 5) is 15.1. The SMILES string of the molecule is Cc1ccc(S(=O)(=O)N2CCCN(C(=O)NC3CCCC3)CC2)s1. The van der Waals surface area contributed by atoms with Gasteiger partial charge in [0.2, 0.25) is 0 Å². The van der Waals surface area contributed by atoms with E-state index in [0.717, 1.165) is 17.7 Å². The van der Waals surface area contributed by atoms with Gasteiger partial charge >= 0.3 is 6.03 Å². The Morgan fingerprint density at radius 2 is 1.88 bits per heavy atom. The second-order valence-corrected chi connectivity index (χ2v) is 9.99. The van der Waals surface area contributed by atoms with Crippen LogP contribution >= 0.6 is 11.3 Å². The number of aryl methyl sites for hydroxylation is 1. The summed E-state index contributed by atoms with van der Waals surface area (Å²) >= 11 is 1.30. The molecule has 1 aliphatic carbocycles. The molecule has 1 N–H and O–H groups in total. The number of rotatable bonds is 3. The monoisotopic (exact) mass is 371 g/mol. The maximum atomic E-state index is 12.7. The summed E-state index contributed by atoms with van der Waals surface area (Å²) < 4.78 is 27.4. The topological polar surface area (TPSA) is 69.7 Å². The van der Waals surface area contributed by atoms with E-state index in [-0.39, 0.29) is 12.1 Å². The van der Waals surface area contributed by atoms with Gasteiger partial charge in [0.15, 0.2) is 0 Å². The van der Waals surface area contributed by atoms with Crippen molar-refractivity contribution < 1.29 is 13.2 Å². The first kappa shape index (κ1) is 17.7. The third-order valence-corrected chi connectivity index (χ3v) is 8.10. The fraction of sp³-hybridized carbons (Fsp3) is 0.688. The zero-order chi connectivity index (χ0) is 17.2. The number of hydrogen-bond donors (Lipinski definition) is 1. The van der Waals surface area contributed by atoms with E-state index in [1.807, 2.05) is 13.0 Å². The number of sulfonamides is 1. The molecule has 0 unspecified atom stereocenters. The smallest absolute Gasteiger partial charge is 0.317 e. The highest BCUT2D eigenvalue weighted by Crippen LogP contribution is 2.25. The zero-order valence-electron chi connectivity index (χ0n) is 14.0. The van der Waals surface area contributed by atoms with E-state index in [2.05, 4.69) is 5.32 Å². The molecule has 1 aromatic heterocycles. The molecular weight excluding hydrogens is 346 g/mol. The van der Waals surface area contributed by atoms with E-state index in [9.17, 15) is 13.2 Å². The van der Waals surface area contributed by atoms with Gasteiger partial charge in [0.1, 0.15) is 4.21 Å². The van der Waals surface area contributed by atoms with Gasteiger partial charge in [0.25, 0.3) is 10.0 Å². The van der Waals surface area contributed by atoms with Crippen molar-refractivity contribution in [3.05, 3.63) is 17.0 Å². The minimum Gasteiger partial charge on any atom is -0.335 e. The van der Waals surface area contributed by atoms with E-state index >= 15 is 0 Å². The fourth-order valence-electron chi connectivity index (χ4n) is 3.35. The lowest BCUT2D eigenvalue weighted by Crippen LogP contribution is -2.45. The van der Waals surface area contributed by atoms with Crippen molar-refractivity contribution >= 4 is 27.4 Å². The van der Waals surface area contributed by atoms with Gasteiger partial charge in [-0.25, -0.2) is 13.2 Å². The molecule has 134 valence electrons. The summed E-state index contributed by atoms with van der Waals surface area (Å²) in [5, 5.41) is 3.09. The van der Waals surface area contributed by atoms with Crippen LogP contribution in [-0.4, -0.2) is 55.9 Å². The van der Waals surface area contributed by atoms with Crippen LogP contribution in [0.4, 0.5) is 4.79 Å². The highest BCUT2D eigenvalue weighted by molar-refractivity contribution is 7.91. The number of thiophene rings is 1. The van der Waals surface area contributed by atoms with Crippen LogP contribution in [-0.2, 0) is 10.0 Å². The molecule has 2 aliphatic rings. The quantitative estimate of drug-likeness (QED) is 0.887. The third kappa shape index (κ3) is 3.92. The van der Waals surface area contributed by atoms with E-state index in [0.29, 0.717) is 36.8 Å². The molecule has 2 heterocycles. The van der Waals surface area contributed by atoms with Gasteiger partial charge in [-0.2, -0.15) is 4.31 Å². The van der Waals surface area contributed by atoms with E-state index < -0.39 is 10.0 Å². The van der Waals surface area contributed by atoms with Crippen LogP contribution in [0.1, 0.15) is 37.0 Å². The summed E-state index contributed by atoms with van der Waals surface area (Å²) in [6.45, 7) is 3.78. The van der Waals surface area contributed by atoms with Gasteiger partial charge in [-0.15, -0.1) is 11.3 Å². The Morgan fingerprint density at radius 1 is 1.12 bits per heavy atom. The molecule has 2 amide bonds. The van der Waals surface area contributed by atoms with Crippen LogP contribution in [0.25, 0.3) is 0 Å². The molecule has 2 fully saturated rings. The summed E-state index contributed by atoms with van der Waals surface area (Å²) in [5.41, 5.74) is 0. The number of carbonyl (C=O) groups excluding carboxylic acids is 1. The number of carbonyl (C=O) groups is 1. The lowest BCUT2D eigenvalue weighted by molar-refractivity contribution is 0.196. The molecule has 0 bridgehead atoms. The molecule has 1 aliphatic heterocycles. The van der Waals surface area contributed by atoms with Crippen molar-refractivity contribution in [2.45, 2.75) is 49.3 Å². The Labute approximate surface area is 147 Å². The molecule has 0 spiro atoms. The minimum atomic E-state index is -3.44. The first-order valence-electron chi connectivity index (χ1n) is 8.59. The fourth-order valence-corrected chi connectivity index (χ4v) is 6.26. The average Bonchev–Trinajstić information content (AvgIpc) is 3.13. The van der Waals surface area contributed by atoms with Crippen LogP contribution in [0, 0.1) is 6.92 Å². The molecule has 1 saturated heterocycles. The number of amides is 2. The lowest BCUT2D eigenvalue weighted by Gasteiger charge is -2.23. The van der Waals surface area contributed by atoms with Gasteiger partial charge in [-0.05, 0) is 38.3 Å². The molecule has 8 heteroatoms. The molecule has 1 aromatic rings. The van der Waals surface area contributed by atoms with E-state index in [1.165, 1.54) is 28.5 Å². The van der Waals surface area contributed by atoms with Crippen LogP contribution < -0.4 is 5.32 Å². The van der Waals surface area contributed by atoms with Crippen LogP contribution in [0.15, 0.2) is 16.3 Å². The summed E-state index contributed by atoms with van der Waals surface area (Å²) in [6.07, 6.45) is 5.13. The standard InChI is InChI=1S/C16H25N3O3S2/c1-13-7-8-15(23-13)24(21,22)19-10-4-9-18(11-12-19)16(20)17-14-5-2-3-6-14/h7-8,14H,2-6,9-12H2,1H3,(H,17,20). The second-order valence-electron chi connectivity index (χ2n) is 6.54. The number of urea groups is 1. The Bertz CT molecular complexity index is 680. The molecule has 0 radical (unpaired) electrons. The van der Waals surface area contributed by atoms with Crippen molar-refractivity contribution in [1.29, 1.82) is 0 Å². The van der Waals surface area contributed by atoms with Crippen molar-refractivity contribution in [2.24, 2.45) is 0 Å². The predicted octanol–water partition coefficient (Wildman–Crippen LogP) is 2.41. The van der Waals surface area contributed by atoms with E-state index in [4.69, 9.17) is 0 Å². The zero-order valence-corrected chi connectivity index (χ0v) is 15.7. The summed E-state index contributed by atoms with van der Waals surface area (Å²) in [7, 11) is -3.44. The largest absolute Gasteiger partial charge is 0.335 e. The van der Waals surface area contributed by atoms with Gasteiger partial charge in [-0.1, -0.05) is 12.8 Å². The molecule has 1 saturated carbocycles. The Hall–Kier alpha value is -1.12. The van der Waals surface area contributed by atoms with E-state index in [1.54, 1.807) is 11.0 Å². The first-order valence-corrected chi connectivity index (χ1v) is 10.8. The van der Waals surface area contributed by atoms with Crippen molar-refractivity contribution in [3.8, 4) is 0 Å². The Balaban J connectivity index is 1.61. The first-order chi connectivity index (χ1) is 11.5. The van der Waals surface area contributed by atoms with Gasteiger partial charge in [0, 0.05) is 37.1 Å². The highest BCUT2D eigenvalue weighted by atomic mass is 32.2. The van der Waals surface area contributed by atoms with Crippen LogP contribution in [0.5, 0.6) is 0 Å². The maximum Gasteiger partial charge on any atom is 0.317 e. The maximum absolute atomic E-state index is 12.7. The average molecular weight is 372 g/mol. The Morgan fingerprint density at radius 3 is 2.54 bits per heavy atom. The van der Waals surface area contributed by atoms with Crippen LogP contribution in [0.3, 0.4) is 0 Å². The molecule has 0 atom stereocenters. The Kier molecular flexibility index (Phi) is 5.46. The van der Waals surface area contributed by atoms with Crippen molar-refractivity contribution in [2.75, 3.05) is 26.2 Å². The summed E-state index contributed by atoms with van der Waals surface area (Å²) in [5.74, 6) is 0. The number of hydrogen-bond acceptors (Lipinski definition) is 4. The van der Waals surface area contributed by atoms with Crippen molar-refractivity contribution in [3.63, 3.8) is 0 Å². The van der Waals surface area contributed by atoms with Gasteiger partial charge in [0.05, 0.1) is 0 Å². The third-order valence-electron chi connectivity index (χ3n) is 4.73. The number of nitrogens with zero attached hydrogens (tertiary/aromatic N) is 2. The predicted molar refractivity (Wildman–Crippen MR) is 94.8 cm³/mol. The lowest BCUT2D eigenvalue weighted by atomic mass is 10.2. The summed E-state index contributed by atoms with van der Waals surface area (Å²) in [6, 6.07) is 3.74. The second kappa shape index (κ2) is 7.41. The normalized spacial score (nSPS) is 21.0. The van der Waals surface area contributed by atoms with Crippen molar-refractivity contribution in [1.82, 2.24) is 14.5 Å². The highest BCUT2D eigenvalue weighted by Gasteiger charge is 2.30. The molecule has 3 rings (SSSR count). The van der Waals surface area contributed by atoms with Crippen LogP contribution in [0.2, 0.25) is 0 Å². The number of nitrogens with one attached hydrogen (secondary N) is 1. The molecule has 6 nitrogen and oxygen atoms in total. The van der Waals surface area contributed by atoms with Gasteiger partial charge < -0.3 is 10.2 Å². The molecule has 0 aromatic carbocycles. The van der Waals surface area contributed by atoms with Gasteiger partial charge in [-0.3, -0.25) is 0 Å². The molecule has 24 heavy (non-hydrogen) atoms. The molecular formula is C16H25N3O3S2. The minimum absolute atomic E-state index is 0.0480.